The van der Waals surface area contributed by atoms with E-state index in [1.54, 1.807) is 6.08 Å². The van der Waals surface area contributed by atoms with Crippen LogP contribution in [0.2, 0.25) is 0 Å². The van der Waals surface area contributed by atoms with Crippen LogP contribution in [0.5, 0.6) is 11.5 Å². The van der Waals surface area contributed by atoms with Gasteiger partial charge >= 0.3 is 0 Å². The molecule has 0 saturated carbocycles. The number of rotatable bonds is 2. The van der Waals surface area contributed by atoms with Gasteiger partial charge in [0.1, 0.15) is 0 Å². The molecule has 0 N–H and O–H groups in total. The first kappa shape index (κ1) is 12.2. The smallest absolute Gasteiger partial charge is 0.175 e. The van der Waals surface area contributed by atoms with Crippen LogP contribution in [-0.2, 0) is 4.79 Å². The van der Waals surface area contributed by atoms with Gasteiger partial charge in [-0.2, -0.15) is 0 Å². The molecule has 2 rings (SSSR count). The van der Waals surface area contributed by atoms with Crippen molar-refractivity contribution in [3.8, 4) is 11.5 Å². The quantitative estimate of drug-likeness (QED) is 0.786. The number of ether oxygens (including phenoxy) is 2. The average Bonchev–Trinajstić information content (AvgIpc) is 2.51. The first-order valence-electron chi connectivity index (χ1n) is 5.44. The van der Waals surface area contributed by atoms with Crippen molar-refractivity contribution in [3.63, 3.8) is 0 Å². The molecule has 0 fully saturated rings. The van der Waals surface area contributed by atoms with Gasteiger partial charge in [-0.1, -0.05) is 6.08 Å². The molecule has 0 spiro atoms. The van der Waals surface area contributed by atoms with Gasteiger partial charge in [0.15, 0.2) is 17.3 Å². The Balaban J connectivity index is 2.35. The van der Waals surface area contributed by atoms with Gasteiger partial charge in [-0.3, -0.25) is 4.79 Å². The molecule has 1 aliphatic rings. The van der Waals surface area contributed by atoms with Gasteiger partial charge in [-0.05, 0) is 46.6 Å². The molecule has 4 heteroatoms. The molecule has 1 aliphatic heterocycles. The fourth-order valence-corrected chi connectivity index (χ4v) is 2.13. The Bertz CT molecular complexity index is 466. The van der Waals surface area contributed by atoms with E-state index in [4.69, 9.17) is 9.47 Å². The molecule has 17 heavy (non-hydrogen) atoms. The lowest BCUT2D eigenvalue weighted by atomic mass is 10.1. The number of fused-ring (bicyclic) bond motifs is 1. The Kier molecular flexibility index (Phi) is 3.84. The molecule has 1 heterocycles. The third-order valence-corrected chi connectivity index (χ3v) is 2.92. The van der Waals surface area contributed by atoms with Gasteiger partial charge in [-0.15, -0.1) is 0 Å². The summed E-state index contributed by atoms with van der Waals surface area (Å²) in [7, 11) is 0. The van der Waals surface area contributed by atoms with Crippen molar-refractivity contribution in [1.29, 1.82) is 0 Å². The van der Waals surface area contributed by atoms with Crippen LogP contribution in [0, 0.1) is 0 Å². The fourth-order valence-electron chi connectivity index (χ4n) is 1.56. The van der Waals surface area contributed by atoms with Crippen molar-refractivity contribution >= 4 is 27.8 Å². The van der Waals surface area contributed by atoms with E-state index >= 15 is 0 Å². The van der Waals surface area contributed by atoms with Crippen molar-refractivity contribution in [2.45, 2.75) is 13.3 Å². The normalized spacial score (nSPS) is 14.7. The van der Waals surface area contributed by atoms with Crippen molar-refractivity contribution in [3.05, 3.63) is 28.2 Å². The lowest BCUT2D eigenvalue weighted by Crippen LogP contribution is -1.97. The molecule has 1 aromatic carbocycles. The van der Waals surface area contributed by atoms with Crippen LogP contribution < -0.4 is 9.47 Å². The van der Waals surface area contributed by atoms with E-state index in [9.17, 15) is 4.79 Å². The minimum absolute atomic E-state index is 0.0215. The summed E-state index contributed by atoms with van der Waals surface area (Å²) in [6.45, 7) is 2.84. The molecule has 0 radical (unpaired) electrons. The molecule has 90 valence electrons. The van der Waals surface area contributed by atoms with Crippen molar-refractivity contribution in [2.75, 3.05) is 13.2 Å². The largest absolute Gasteiger partial charge is 0.489 e. The minimum atomic E-state index is 0.0215. The number of allylic oxidation sites excluding steroid dienone is 1. The lowest BCUT2D eigenvalue weighted by molar-refractivity contribution is -0.112. The number of halogens is 1. The van der Waals surface area contributed by atoms with Crippen LogP contribution in [0.1, 0.15) is 18.9 Å². The Morgan fingerprint density at radius 1 is 1.35 bits per heavy atom. The highest BCUT2D eigenvalue weighted by atomic mass is 79.9. The predicted molar refractivity (Wildman–Crippen MR) is 69.5 cm³/mol. The van der Waals surface area contributed by atoms with E-state index < -0.39 is 0 Å². The van der Waals surface area contributed by atoms with E-state index in [-0.39, 0.29) is 5.78 Å². The highest BCUT2D eigenvalue weighted by Gasteiger charge is 2.14. The second-order valence-electron chi connectivity index (χ2n) is 3.82. The zero-order chi connectivity index (χ0) is 12.3. The first-order valence-corrected chi connectivity index (χ1v) is 6.24. The third-order valence-electron chi connectivity index (χ3n) is 2.33. The molecule has 1 aromatic rings. The highest BCUT2D eigenvalue weighted by molar-refractivity contribution is 9.10. The number of hydrogen-bond donors (Lipinski definition) is 0. The number of carbonyl (C=O) groups excluding carboxylic acids is 1. The number of carbonyl (C=O) groups is 1. The summed E-state index contributed by atoms with van der Waals surface area (Å²) in [5, 5.41) is 0. The van der Waals surface area contributed by atoms with E-state index in [0.29, 0.717) is 13.2 Å². The predicted octanol–water partition coefficient (Wildman–Crippen LogP) is 3.21. The van der Waals surface area contributed by atoms with E-state index in [2.05, 4.69) is 15.9 Å². The number of ketones is 1. The maximum Gasteiger partial charge on any atom is 0.175 e. The standard InChI is InChI=1S/C13H13BrO3/c1-9(15)3-4-10-7-11(14)13-12(8-10)16-5-2-6-17-13/h3-4,7-8H,2,5-6H2,1H3. The Morgan fingerprint density at radius 3 is 2.88 bits per heavy atom. The lowest BCUT2D eigenvalue weighted by Gasteiger charge is -2.10. The highest BCUT2D eigenvalue weighted by Crippen LogP contribution is 2.38. The fraction of sp³-hybridized carbons (Fsp3) is 0.308. The van der Waals surface area contributed by atoms with Gasteiger partial charge in [0.25, 0.3) is 0 Å². The summed E-state index contributed by atoms with van der Waals surface area (Å²) in [6, 6.07) is 3.79. The van der Waals surface area contributed by atoms with Gasteiger partial charge < -0.3 is 9.47 Å². The zero-order valence-electron chi connectivity index (χ0n) is 9.53. The Hall–Kier alpha value is -1.29. The molecular formula is C13H13BrO3. The zero-order valence-corrected chi connectivity index (χ0v) is 11.1. The van der Waals surface area contributed by atoms with Crippen molar-refractivity contribution < 1.29 is 14.3 Å². The molecule has 3 nitrogen and oxygen atoms in total. The number of benzene rings is 1. The molecule has 0 amide bonds. The monoisotopic (exact) mass is 296 g/mol. The van der Waals surface area contributed by atoms with Crippen molar-refractivity contribution in [2.24, 2.45) is 0 Å². The molecule has 0 unspecified atom stereocenters. The van der Waals surface area contributed by atoms with E-state index in [1.165, 1.54) is 13.0 Å². The average molecular weight is 297 g/mol. The van der Waals surface area contributed by atoms with E-state index in [1.807, 2.05) is 12.1 Å². The maximum atomic E-state index is 10.9. The third kappa shape index (κ3) is 3.09. The Morgan fingerprint density at radius 2 is 2.12 bits per heavy atom. The van der Waals surface area contributed by atoms with E-state index in [0.717, 1.165) is 28.0 Å². The molecule has 0 saturated heterocycles. The van der Waals surface area contributed by atoms with Crippen LogP contribution in [-0.4, -0.2) is 19.0 Å². The molecule has 0 aromatic heterocycles. The van der Waals surface area contributed by atoms with Crippen LogP contribution in [0.4, 0.5) is 0 Å². The Labute approximate surface area is 109 Å². The number of hydrogen-bond acceptors (Lipinski definition) is 3. The van der Waals surface area contributed by atoms with Gasteiger partial charge in [0.05, 0.1) is 17.7 Å². The first-order chi connectivity index (χ1) is 8.16. The summed E-state index contributed by atoms with van der Waals surface area (Å²) in [4.78, 5) is 10.9. The molecule has 0 bridgehead atoms. The summed E-state index contributed by atoms with van der Waals surface area (Å²) in [5.74, 6) is 1.48. The van der Waals surface area contributed by atoms with Crippen LogP contribution in [0.3, 0.4) is 0 Å². The van der Waals surface area contributed by atoms with Crippen LogP contribution in [0.15, 0.2) is 22.7 Å². The second kappa shape index (κ2) is 5.36. The SMILES string of the molecule is CC(=O)C=Cc1cc(Br)c2c(c1)OCCCO2. The van der Waals surface area contributed by atoms with Crippen molar-refractivity contribution in [1.82, 2.24) is 0 Å². The summed E-state index contributed by atoms with van der Waals surface area (Å²) in [6.07, 6.45) is 4.17. The van der Waals surface area contributed by atoms with Crippen LogP contribution in [0.25, 0.3) is 6.08 Å². The van der Waals surface area contributed by atoms with Gasteiger partial charge in [-0.25, -0.2) is 0 Å². The minimum Gasteiger partial charge on any atom is -0.489 e. The molecule has 0 atom stereocenters. The summed E-state index contributed by atoms with van der Waals surface area (Å²) >= 11 is 3.45. The molecular weight excluding hydrogens is 284 g/mol. The second-order valence-corrected chi connectivity index (χ2v) is 4.68. The molecule has 0 aliphatic carbocycles. The van der Waals surface area contributed by atoms with Gasteiger partial charge in [0, 0.05) is 6.42 Å². The van der Waals surface area contributed by atoms with Gasteiger partial charge in [0.2, 0.25) is 0 Å². The van der Waals surface area contributed by atoms with Crippen LogP contribution >= 0.6 is 15.9 Å². The maximum absolute atomic E-state index is 10.9. The summed E-state index contributed by atoms with van der Waals surface area (Å²) < 4.78 is 12.0. The topological polar surface area (TPSA) is 35.5 Å². The summed E-state index contributed by atoms with van der Waals surface area (Å²) in [5.41, 5.74) is 0.913.